The molecule has 1 saturated heterocycles. The summed E-state index contributed by atoms with van der Waals surface area (Å²) in [6.45, 7) is 14.2. The van der Waals surface area contributed by atoms with Crippen LogP contribution in [0.25, 0.3) is 0 Å². The zero-order chi connectivity index (χ0) is 19.2. The van der Waals surface area contributed by atoms with Crippen LogP contribution in [0.2, 0.25) is 0 Å². The van der Waals surface area contributed by atoms with Crippen LogP contribution in [0.5, 0.6) is 0 Å². The molecular weight excluding hydrogens is 332 g/mol. The summed E-state index contributed by atoms with van der Waals surface area (Å²) in [6, 6.07) is 0. The molecule has 5 rings (SSSR count). The van der Waals surface area contributed by atoms with E-state index in [1.165, 1.54) is 44.9 Å². The lowest BCUT2D eigenvalue weighted by Crippen LogP contribution is -2.62. The molecule has 9 atom stereocenters. The van der Waals surface area contributed by atoms with E-state index in [9.17, 15) is 0 Å². The van der Waals surface area contributed by atoms with Crippen LogP contribution in [0.1, 0.15) is 86.5 Å². The molecule has 4 unspecified atom stereocenters. The van der Waals surface area contributed by atoms with Gasteiger partial charge in [-0.3, -0.25) is 0 Å². The Kier molecular flexibility index (Phi) is 4.04. The van der Waals surface area contributed by atoms with Gasteiger partial charge < -0.3 is 9.47 Å². The molecule has 5 fully saturated rings. The van der Waals surface area contributed by atoms with E-state index in [-0.39, 0.29) is 0 Å². The predicted octanol–water partition coefficient (Wildman–Crippen LogP) is 6.35. The fourth-order valence-electron chi connectivity index (χ4n) is 8.71. The van der Waals surface area contributed by atoms with E-state index in [1.54, 1.807) is 5.57 Å². The highest BCUT2D eigenvalue weighted by Gasteiger charge is 2.67. The maximum atomic E-state index is 6.73. The fraction of sp³-hybridized carbons (Fsp3) is 0.920. The van der Waals surface area contributed by atoms with Gasteiger partial charge in [0.15, 0.2) is 5.79 Å². The van der Waals surface area contributed by atoms with Gasteiger partial charge in [0.25, 0.3) is 0 Å². The normalized spacial score (nSPS) is 57.7. The SMILES string of the molecule is C/C=C1/CCC2C3C(CC[C@]12C)[C@@]1(C)CC[C@H](C)CC1[C@H]1OC(C)(C)O[C@H]31. The first kappa shape index (κ1) is 18.7. The molecule has 152 valence electrons. The summed E-state index contributed by atoms with van der Waals surface area (Å²) in [6.07, 6.45) is 12.6. The van der Waals surface area contributed by atoms with Gasteiger partial charge in [-0.15, -0.1) is 0 Å². The molecule has 0 radical (unpaired) electrons. The highest BCUT2D eigenvalue weighted by atomic mass is 16.8. The van der Waals surface area contributed by atoms with E-state index in [1.807, 2.05) is 0 Å². The smallest absolute Gasteiger partial charge is 0.163 e. The summed E-state index contributed by atoms with van der Waals surface area (Å²) in [4.78, 5) is 0. The van der Waals surface area contributed by atoms with Crippen molar-refractivity contribution in [2.45, 2.75) is 104 Å². The first-order valence-electron chi connectivity index (χ1n) is 11.7. The van der Waals surface area contributed by atoms with Crippen LogP contribution in [-0.2, 0) is 9.47 Å². The third-order valence-corrected chi connectivity index (χ3v) is 9.99. The molecule has 0 amide bonds. The minimum atomic E-state index is -0.415. The van der Waals surface area contributed by atoms with Crippen molar-refractivity contribution in [1.82, 2.24) is 0 Å². The number of hydrogen-bond donors (Lipinski definition) is 0. The Morgan fingerprint density at radius 2 is 1.63 bits per heavy atom. The molecular formula is C25H40O2. The molecule has 0 aromatic carbocycles. The van der Waals surface area contributed by atoms with Crippen molar-refractivity contribution in [1.29, 1.82) is 0 Å². The van der Waals surface area contributed by atoms with E-state index >= 15 is 0 Å². The monoisotopic (exact) mass is 372 g/mol. The lowest BCUT2D eigenvalue weighted by atomic mass is 9.43. The molecule has 0 aromatic rings. The highest BCUT2D eigenvalue weighted by Crippen LogP contribution is 2.69. The van der Waals surface area contributed by atoms with Crippen LogP contribution < -0.4 is 0 Å². The standard InChI is InChI=1S/C25H40O2/c1-7-16-8-9-17-20-18(11-13-24(16,17)5)25(6)12-10-15(2)14-19(25)21-22(20)27-23(3,4)26-21/h7,15,17-22H,8-14H2,1-6H3/b16-7-/t15-,17?,18?,19?,20?,21+,22+,24+,25+/m0/s1. The van der Waals surface area contributed by atoms with Gasteiger partial charge in [-0.1, -0.05) is 38.8 Å². The largest absolute Gasteiger partial charge is 0.344 e. The van der Waals surface area contributed by atoms with Crippen LogP contribution in [0.4, 0.5) is 0 Å². The number of allylic oxidation sites excluding steroid dienone is 2. The number of hydrogen-bond acceptors (Lipinski definition) is 2. The van der Waals surface area contributed by atoms with E-state index in [4.69, 9.17) is 9.47 Å². The van der Waals surface area contributed by atoms with Crippen molar-refractivity contribution < 1.29 is 9.47 Å². The number of fused-ring (bicyclic) bond motifs is 8. The van der Waals surface area contributed by atoms with Gasteiger partial charge in [0.1, 0.15) is 0 Å². The molecule has 0 N–H and O–H groups in total. The van der Waals surface area contributed by atoms with Crippen LogP contribution >= 0.6 is 0 Å². The summed E-state index contributed by atoms with van der Waals surface area (Å²) in [5, 5.41) is 0. The van der Waals surface area contributed by atoms with Gasteiger partial charge in [-0.05, 0) is 99.7 Å². The molecule has 0 bridgehead atoms. The molecule has 5 aliphatic rings. The minimum Gasteiger partial charge on any atom is -0.344 e. The van der Waals surface area contributed by atoms with Gasteiger partial charge in [0.2, 0.25) is 0 Å². The second-order valence-electron chi connectivity index (χ2n) is 11.7. The number of ether oxygens (including phenoxy) is 2. The van der Waals surface area contributed by atoms with Crippen LogP contribution in [0, 0.1) is 40.4 Å². The van der Waals surface area contributed by atoms with E-state index in [0.717, 1.165) is 17.8 Å². The molecule has 27 heavy (non-hydrogen) atoms. The van der Waals surface area contributed by atoms with Crippen molar-refractivity contribution in [2.75, 3.05) is 0 Å². The van der Waals surface area contributed by atoms with Crippen LogP contribution in [-0.4, -0.2) is 18.0 Å². The van der Waals surface area contributed by atoms with Gasteiger partial charge in [-0.25, -0.2) is 0 Å². The Labute approximate surface area is 166 Å². The van der Waals surface area contributed by atoms with Crippen LogP contribution in [0.3, 0.4) is 0 Å². The average Bonchev–Trinajstić information content (AvgIpc) is 3.11. The third kappa shape index (κ3) is 2.44. The van der Waals surface area contributed by atoms with Crippen molar-refractivity contribution in [2.24, 2.45) is 40.4 Å². The zero-order valence-electron chi connectivity index (χ0n) is 18.4. The van der Waals surface area contributed by atoms with Crippen LogP contribution in [0.15, 0.2) is 11.6 Å². The van der Waals surface area contributed by atoms with E-state index in [0.29, 0.717) is 34.9 Å². The second-order valence-corrected chi connectivity index (χ2v) is 11.7. The Bertz CT molecular complexity index is 651. The second kappa shape index (κ2) is 5.85. The summed E-state index contributed by atoms with van der Waals surface area (Å²) < 4.78 is 13.4. The molecule has 1 heterocycles. The van der Waals surface area contributed by atoms with E-state index in [2.05, 4.69) is 47.6 Å². The maximum absolute atomic E-state index is 6.73. The summed E-state index contributed by atoms with van der Waals surface area (Å²) >= 11 is 0. The van der Waals surface area contributed by atoms with Crippen molar-refractivity contribution in [3.8, 4) is 0 Å². The molecule has 2 nitrogen and oxygen atoms in total. The summed E-state index contributed by atoms with van der Waals surface area (Å²) in [5.74, 6) is 3.39. The Morgan fingerprint density at radius 1 is 0.889 bits per heavy atom. The summed E-state index contributed by atoms with van der Waals surface area (Å²) in [7, 11) is 0. The Morgan fingerprint density at radius 3 is 2.37 bits per heavy atom. The average molecular weight is 373 g/mol. The molecule has 0 aromatic heterocycles. The maximum Gasteiger partial charge on any atom is 0.163 e. The third-order valence-electron chi connectivity index (χ3n) is 9.99. The summed E-state index contributed by atoms with van der Waals surface area (Å²) in [5.41, 5.74) is 2.58. The number of rotatable bonds is 0. The first-order chi connectivity index (χ1) is 12.7. The fourth-order valence-corrected chi connectivity index (χ4v) is 8.71. The lowest BCUT2D eigenvalue weighted by molar-refractivity contribution is -0.176. The van der Waals surface area contributed by atoms with E-state index < -0.39 is 5.79 Å². The Balaban J connectivity index is 1.59. The molecule has 4 saturated carbocycles. The first-order valence-corrected chi connectivity index (χ1v) is 11.7. The highest BCUT2D eigenvalue weighted by molar-refractivity contribution is 5.25. The molecule has 0 spiro atoms. The van der Waals surface area contributed by atoms with Gasteiger partial charge >= 0.3 is 0 Å². The van der Waals surface area contributed by atoms with Crippen molar-refractivity contribution in [3.63, 3.8) is 0 Å². The van der Waals surface area contributed by atoms with Crippen molar-refractivity contribution in [3.05, 3.63) is 11.6 Å². The topological polar surface area (TPSA) is 18.5 Å². The van der Waals surface area contributed by atoms with Crippen molar-refractivity contribution >= 4 is 0 Å². The molecule has 2 heteroatoms. The van der Waals surface area contributed by atoms with Gasteiger partial charge in [-0.2, -0.15) is 0 Å². The minimum absolute atomic E-state index is 0.311. The van der Waals surface area contributed by atoms with Gasteiger partial charge in [0, 0.05) is 0 Å². The van der Waals surface area contributed by atoms with Gasteiger partial charge in [0.05, 0.1) is 12.2 Å². The molecule has 4 aliphatic carbocycles. The zero-order valence-corrected chi connectivity index (χ0v) is 18.4. The quantitative estimate of drug-likeness (QED) is 0.461. The molecule has 1 aliphatic heterocycles. The predicted molar refractivity (Wildman–Crippen MR) is 109 cm³/mol. The lowest BCUT2D eigenvalue weighted by Gasteiger charge is -2.63. The Hall–Kier alpha value is -0.340.